The fourth-order valence-electron chi connectivity index (χ4n) is 5.24. The van der Waals surface area contributed by atoms with Crippen molar-refractivity contribution in [2.75, 3.05) is 43.5 Å². The number of benzene rings is 3. The van der Waals surface area contributed by atoms with E-state index < -0.39 is 26.0 Å². The molecule has 0 bridgehead atoms. The smallest absolute Gasteiger partial charge is 0.339 e. The Kier molecular flexibility index (Phi) is 10.9. The van der Waals surface area contributed by atoms with Crippen molar-refractivity contribution in [2.45, 2.75) is 56.7 Å². The topological polar surface area (TPSA) is 122 Å². The van der Waals surface area contributed by atoms with Crippen molar-refractivity contribution in [3.05, 3.63) is 77.4 Å². The molecule has 1 heterocycles. The van der Waals surface area contributed by atoms with Gasteiger partial charge in [-0.3, -0.25) is 4.79 Å². The number of aryl methyl sites for hydroxylation is 2. The maximum atomic E-state index is 13.2. The molecule has 1 saturated heterocycles. The van der Waals surface area contributed by atoms with Crippen LogP contribution in [0, 0.1) is 13.8 Å². The average molecular weight is 656 g/mol. The third-order valence-corrected chi connectivity index (χ3v) is 11.1. The number of carbonyl (C=O) groups is 1. The SMILES string of the molecule is CCN(CC)S(=O)(=O)c1ccc(N2CCCCC2)c(NC(=O)C=Cc2ccc(OS(=O)(=O)c3cc(C)ccc3C)c(OC)c2)c1. The van der Waals surface area contributed by atoms with Gasteiger partial charge in [-0.15, -0.1) is 0 Å². The van der Waals surface area contributed by atoms with Crippen LogP contribution < -0.4 is 19.1 Å². The summed E-state index contributed by atoms with van der Waals surface area (Å²) in [6, 6.07) is 14.6. The average Bonchev–Trinajstić information content (AvgIpc) is 3.02. The fraction of sp³-hybridized carbons (Fsp3) is 0.364. The summed E-state index contributed by atoms with van der Waals surface area (Å²) in [7, 11) is -6.46. The number of nitrogens with one attached hydrogen (secondary N) is 1. The zero-order chi connectivity index (χ0) is 32.8. The lowest BCUT2D eigenvalue weighted by molar-refractivity contribution is -0.111. The van der Waals surface area contributed by atoms with E-state index >= 15 is 0 Å². The largest absolute Gasteiger partial charge is 0.493 e. The normalized spacial score (nSPS) is 14.1. The van der Waals surface area contributed by atoms with Crippen molar-refractivity contribution in [1.82, 2.24) is 4.31 Å². The predicted molar refractivity (Wildman–Crippen MR) is 177 cm³/mol. The van der Waals surface area contributed by atoms with E-state index in [9.17, 15) is 21.6 Å². The highest BCUT2D eigenvalue weighted by molar-refractivity contribution is 7.89. The van der Waals surface area contributed by atoms with E-state index in [2.05, 4.69) is 10.2 Å². The molecule has 12 heteroatoms. The van der Waals surface area contributed by atoms with Crippen molar-refractivity contribution in [2.24, 2.45) is 0 Å². The van der Waals surface area contributed by atoms with Gasteiger partial charge in [-0.25, -0.2) is 8.42 Å². The molecule has 1 N–H and O–H groups in total. The molecule has 0 unspecified atom stereocenters. The van der Waals surface area contributed by atoms with E-state index in [4.69, 9.17) is 8.92 Å². The Bertz CT molecular complexity index is 1780. The Morgan fingerprint density at radius 3 is 2.29 bits per heavy atom. The summed E-state index contributed by atoms with van der Waals surface area (Å²) in [5.74, 6) is -0.270. The van der Waals surface area contributed by atoms with E-state index in [1.54, 1.807) is 70.2 Å². The molecule has 3 aromatic rings. The first-order valence-corrected chi connectivity index (χ1v) is 17.8. The summed E-state index contributed by atoms with van der Waals surface area (Å²) >= 11 is 0. The summed E-state index contributed by atoms with van der Waals surface area (Å²) in [6.45, 7) is 9.37. The molecule has 0 saturated carbocycles. The number of amides is 1. The molecule has 45 heavy (non-hydrogen) atoms. The zero-order valence-electron chi connectivity index (χ0n) is 26.4. The van der Waals surface area contributed by atoms with Crippen LogP contribution in [0.1, 0.15) is 49.8 Å². The quantitative estimate of drug-likeness (QED) is 0.193. The van der Waals surface area contributed by atoms with Gasteiger partial charge in [0.15, 0.2) is 11.5 Å². The second-order valence-electron chi connectivity index (χ2n) is 10.9. The van der Waals surface area contributed by atoms with Crippen molar-refractivity contribution in [3.63, 3.8) is 0 Å². The molecular formula is C33H41N3O7S2. The van der Waals surface area contributed by atoms with Crippen molar-refractivity contribution in [1.29, 1.82) is 0 Å². The van der Waals surface area contributed by atoms with Gasteiger partial charge in [-0.05, 0) is 92.3 Å². The summed E-state index contributed by atoms with van der Waals surface area (Å²) in [5.41, 5.74) is 3.09. The van der Waals surface area contributed by atoms with Gasteiger partial charge in [0.05, 0.1) is 23.4 Å². The van der Waals surface area contributed by atoms with Gasteiger partial charge in [-0.1, -0.05) is 32.0 Å². The Balaban J connectivity index is 1.57. The van der Waals surface area contributed by atoms with Crippen molar-refractivity contribution in [3.8, 4) is 11.5 Å². The molecule has 0 atom stereocenters. The monoisotopic (exact) mass is 655 g/mol. The second-order valence-corrected chi connectivity index (χ2v) is 14.3. The summed E-state index contributed by atoms with van der Waals surface area (Å²) < 4.78 is 64.8. The molecule has 0 radical (unpaired) electrons. The maximum absolute atomic E-state index is 13.2. The van der Waals surface area contributed by atoms with Crippen molar-refractivity contribution < 1.29 is 30.6 Å². The van der Waals surface area contributed by atoms with E-state index in [0.29, 0.717) is 29.9 Å². The minimum absolute atomic E-state index is 0.0115. The predicted octanol–water partition coefficient (Wildman–Crippen LogP) is 5.75. The third kappa shape index (κ3) is 8.05. The number of hydrogen-bond acceptors (Lipinski definition) is 8. The Hall–Kier alpha value is -3.87. The minimum atomic E-state index is -4.12. The summed E-state index contributed by atoms with van der Waals surface area (Å²) in [4.78, 5) is 15.5. The van der Waals surface area contributed by atoms with E-state index in [-0.39, 0.29) is 21.3 Å². The molecule has 1 fully saturated rings. The fourth-order valence-corrected chi connectivity index (χ4v) is 7.98. The number of carbonyl (C=O) groups excluding carboxylic acids is 1. The Labute approximate surface area is 266 Å². The van der Waals surface area contributed by atoms with Crippen molar-refractivity contribution >= 4 is 43.5 Å². The van der Waals surface area contributed by atoms with Gasteiger partial charge >= 0.3 is 10.1 Å². The molecule has 1 aliphatic heterocycles. The number of piperidine rings is 1. The number of nitrogens with zero attached hydrogens (tertiary/aromatic N) is 2. The van der Waals surface area contributed by atoms with E-state index in [0.717, 1.165) is 43.6 Å². The first kappa shape index (κ1) is 34.0. The maximum Gasteiger partial charge on any atom is 0.339 e. The van der Waals surface area contributed by atoms with Crippen LogP contribution in [-0.4, -0.2) is 60.3 Å². The van der Waals surface area contributed by atoms with Crippen LogP contribution in [0.2, 0.25) is 0 Å². The molecule has 0 aromatic heterocycles. The van der Waals surface area contributed by atoms with Gasteiger partial charge < -0.3 is 19.1 Å². The molecule has 0 spiro atoms. The van der Waals surface area contributed by atoms with Crippen LogP contribution in [0.15, 0.2) is 70.5 Å². The molecule has 1 aliphatic rings. The highest BCUT2D eigenvalue weighted by Crippen LogP contribution is 2.34. The van der Waals surface area contributed by atoms with Crippen LogP contribution in [0.3, 0.4) is 0 Å². The highest BCUT2D eigenvalue weighted by Gasteiger charge is 2.25. The standard InChI is InChI=1S/C33H41N3O7S2/c1-6-36(7-2)44(38,39)27-15-16-29(35-19-9-8-10-20-35)28(23-27)34-33(37)18-14-26-13-17-30(31(22-26)42-5)43-45(40,41)32-21-24(3)11-12-25(32)4/h11-18,21-23H,6-10,19-20H2,1-5H3,(H,34,37). The van der Waals surface area contributed by atoms with E-state index in [1.165, 1.54) is 29.6 Å². The first-order valence-electron chi connectivity index (χ1n) is 15.0. The van der Waals surface area contributed by atoms with Gasteiger partial charge in [0.1, 0.15) is 4.90 Å². The lowest BCUT2D eigenvalue weighted by Gasteiger charge is -2.31. The highest BCUT2D eigenvalue weighted by atomic mass is 32.2. The van der Waals surface area contributed by atoms with Crippen LogP contribution >= 0.6 is 0 Å². The second kappa shape index (κ2) is 14.5. The van der Waals surface area contributed by atoms with Gasteiger partial charge in [0, 0.05) is 32.3 Å². The molecule has 242 valence electrons. The van der Waals surface area contributed by atoms with Gasteiger partial charge in [0.25, 0.3) is 0 Å². The minimum Gasteiger partial charge on any atom is -0.493 e. The molecule has 10 nitrogen and oxygen atoms in total. The number of sulfonamides is 1. The first-order chi connectivity index (χ1) is 21.4. The molecular weight excluding hydrogens is 615 g/mol. The van der Waals surface area contributed by atoms with Gasteiger partial charge in [-0.2, -0.15) is 12.7 Å². The summed E-state index contributed by atoms with van der Waals surface area (Å²) in [6.07, 6.45) is 6.03. The Morgan fingerprint density at radius 1 is 0.911 bits per heavy atom. The lowest BCUT2D eigenvalue weighted by atomic mass is 10.1. The number of rotatable bonds is 12. The third-order valence-electron chi connectivity index (χ3n) is 7.69. The number of hydrogen-bond donors (Lipinski definition) is 1. The van der Waals surface area contributed by atoms with E-state index in [1.807, 2.05) is 6.07 Å². The number of ether oxygens (including phenoxy) is 1. The molecule has 1 amide bonds. The van der Waals surface area contributed by atoms with Gasteiger partial charge in [0.2, 0.25) is 15.9 Å². The van der Waals surface area contributed by atoms with Crippen LogP contribution in [-0.2, 0) is 24.9 Å². The Morgan fingerprint density at radius 2 is 1.62 bits per heavy atom. The molecule has 3 aromatic carbocycles. The molecule has 4 rings (SSSR count). The van der Waals surface area contributed by atoms with Crippen LogP contribution in [0.4, 0.5) is 11.4 Å². The number of methoxy groups -OCH3 is 1. The van der Waals surface area contributed by atoms with Crippen LogP contribution in [0.25, 0.3) is 6.08 Å². The lowest BCUT2D eigenvalue weighted by Crippen LogP contribution is -2.32. The summed E-state index contributed by atoms with van der Waals surface area (Å²) in [5, 5.41) is 2.88. The molecule has 0 aliphatic carbocycles. The van der Waals surface area contributed by atoms with Crippen LogP contribution in [0.5, 0.6) is 11.5 Å². The zero-order valence-corrected chi connectivity index (χ0v) is 28.0. The number of anilines is 2.